The van der Waals surface area contributed by atoms with Crippen molar-refractivity contribution in [3.8, 4) is 0 Å². The number of hydrogen-bond acceptors (Lipinski definition) is 6. The molecule has 0 rings (SSSR count). The molecule has 0 aromatic carbocycles. The second-order valence-corrected chi connectivity index (χ2v) is 25.0. The first-order chi connectivity index (χ1) is 36.6. The summed E-state index contributed by atoms with van der Waals surface area (Å²) in [5.41, 5.74) is 0. The van der Waals surface area contributed by atoms with E-state index in [4.69, 9.17) is 14.2 Å². The van der Waals surface area contributed by atoms with E-state index in [1.54, 1.807) is 0 Å². The van der Waals surface area contributed by atoms with E-state index in [1.807, 2.05) is 0 Å². The van der Waals surface area contributed by atoms with Gasteiger partial charge < -0.3 is 14.2 Å². The highest BCUT2D eigenvalue weighted by Gasteiger charge is 2.20. The van der Waals surface area contributed by atoms with E-state index in [0.29, 0.717) is 19.3 Å². The van der Waals surface area contributed by atoms with Gasteiger partial charge in [0.25, 0.3) is 0 Å². The number of ether oxygens (including phenoxy) is 3. The highest BCUT2D eigenvalue weighted by molar-refractivity contribution is 5.71. The molecule has 0 aromatic rings. The zero-order chi connectivity index (χ0) is 54.8. The largest absolute Gasteiger partial charge is 0.462 e. The van der Waals surface area contributed by atoms with Crippen LogP contribution in [0, 0.1) is 17.8 Å². The summed E-state index contributed by atoms with van der Waals surface area (Å²) in [4.78, 5) is 38.4. The zero-order valence-corrected chi connectivity index (χ0v) is 51.9. The Morgan fingerprint density at radius 3 is 0.693 bits per heavy atom. The van der Waals surface area contributed by atoms with Crippen molar-refractivity contribution >= 4 is 17.9 Å². The number of carbonyl (C=O) groups excluding carboxylic acids is 3. The molecule has 2 atom stereocenters. The van der Waals surface area contributed by atoms with E-state index in [2.05, 4.69) is 41.5 Å². The Balaban J connectivity index is 4.29. The molecule has 0 saturated carbocycles. The fraction of sp³-hybridized carbons (Fsp3) is 0.957. The number of rotatable bonds is 62. The molecule has 0 heterocycles. The van der Waals surface area contributed by atoms with E-state index >= 15 is 0 Å². The smallest absolute Gasteiger partial charge is 0.306 e. The van der Waals surface area contributed by atoms with Gasteiger partial charge in [-0.1, -0.05) is 350 Å². The molecule has 6 nitrogen and oxygen atoms in total. The van der Waals surface area contributed by atoms with Crippen molar-refractivity contribution in [3.05, 3.63) is 0 Å². The Kier molecular flexibility index (Phi) is 58.8. The molecule has 0 saturated heterocycles. The second kappa shape index (κ2) is 60.1. The summed E-state index contributed by atoms with van der Waals surface area (Å²) >= 11 is 0. The minimum absolute atomic E-state index is 0.0621. The summed E-state index contributed by atoms with van der Waals surface area (Å²) in [6.45, 7) is 13.9. The molecule has 0 N–H and O–H groups in total. The van der Waals surface area contributed by atoms with Crippen LogP contribution in [0.25, 0.3) is 0 Å². The van der Waals surface area contributed by atoms with Gasteiger partial charge in [-0.2, -0.15) is 0 Å². The van der Waals surface area contributed by atoms with Gasteiger partial charge in [0.05, 0.1) is 0 Å². The first kappa shape index (κ1) is 73.4. The zero-order valence-electron chi connectivity index (χ0n) is 51.9. The highest BCUT2D eigenvalue weighted by Crippen LogP contribution is 2.20. The van der Waals surface area contributed by atoms with E-state index in [1.165, 1.54) is 270 Å². The number of esters is 3. The van der Waals surface area contributed by atoms with Crippen molar-refractivity contribution in [2.45, 2.75) is 394 Å². The normalized spacial score (nSPS) is 12.5. The van der Waals surface area contributed by atoms with Crippen LogP contribution >= 0.6 is 0 Å². The van der Waals surface area contributed by atoms with Crippen LogP contribution in [0.3, 0.4) is 0 Å². The Bertz CT molecular complexity index is 1170. The van der Waals surface area contributed by atoms with Gasteiger partial charge >= 0.3 is 17.9 Å². The van der Waals surface area contributed by atoms with Gasteiger partial charge in [0.2, 0.25) is 0 Å². The number of unbranched alkanes of at least 4 members (excludes halogenated alkanes) is 44. The monoisotopic (exact) mass is 1060 g/mol. The highest BCUT2D eigenvalue weighted by atomic mass is 16.6. The molecule has 0 spiro atoms. The third-order valence-electron chi connectivity index (χ3n) is 16.3. The summed E-state index contributed by atoms with van der Waals surface area (Å²) in [5.74, 6) is 1.77. The standard InChI is InChI=1S/C69H134O6/c1-7-65(6)57-51-45-39-33-27-21-17-18-23-29-35-41-47-53-59-68(71)74-62-66(61-73-67(70)58-52-46-40-34-28-22-16-12-14-20-26-32-38-44-50-56-64(4)5)75-69(72)60-54-48-42-36-30-24-15-11-9-8-10-13-19-25-31-37-43-49-55-63(2)3/h63-66H,7-62H2,1-6H3/t65?,66-/m0/s1. The fourth-order valence-electron chi connectivity index (χ4n) is 10.7. The van der Waals surface area contributed by atoms with Crippen LogP contribution < -0.4 is 0 Å². The lowest BCUT2D eigenvalue weighted by Gasteiger charge is -2.18. The minimum atomic E-state index is -0.765. The molecule has 1 unspecified atom stereocenters. The molecule has 0 amide bonds. The summed E-state index contributed by atoms with van der Waals surface area (Å²) in [5, 5.41) is 0. The van der Waals surface area contributed by atoms with Crippen LogP contribution in [0.1, 0.15) is 388 Å². The summed E-state index contributed by atoms with van der Waals surface area (Å²) in [7, 11) is 0. The molecule has 6 heteroatoms. The molecule has 446 valence electrons. The van der Waals surface area contributed by atoms with Crippen LogP contribution in [-0.2, 0) is 28.6 Å². The summed E-state index contributed by atoms with van der Waals surface area (Å²) < 4.78 is 17.0. The Morgan fingerprint density at radius 1 is 0.267 bits per heavy atom. The molecule has 0 aromatic heterocycles. The predicted octanol–water partition coefficient (Wildman–Crippen LogP) is 23.0. The topological polar surface area (TPSA) is 78.9 Å². The average molecular weight is 1060 g/mol. The summed E-state index contributed by atoms with van der Waals surface area (Å²) in [6, 6.07) is 0. The Morgan fingerprint density at radius 2 is 0.467 bits per heavy atom. The third kappa shape index (κ3) is 61.5. The lowest BCUT2D eigenvalue weighted by atomic mass is 9.99. The van der Waals surface area contributed by atoms with Gasteiger partial charge in [0, 0.05) is 19.3 Å². The van der Waals surface area contributed by atoms with E-state index in [9.17, 15) is 14.4 Å². The maximum Gasteiger partial charge on any atom is 0.306 e. The van der Waals surface area contributed by atoms with Gasteiger partial charge in [0.1, 0.15) is 13.2 Å². The molecular formula is C69H134O6. The molecule has 0 aliphatic rings. The first-order valence-electron chi connectivity index (χ1n) is 34.1. The van der Waals surface area contributed by atoms with E-state index in [-0.39, 0.29) is 31.1 Å². The van der Waals surface area contributed by atoms with Crippen molar-refractivity contribution < 1.29 is 28.6 Å². The molecule has 0 radical (unpaired) electrons. The fourth-order valence-corrected chi connectivity index (χ4v) is 10.7. The molecule has 0 fully saturated rings. The second-order valence-electron chi connectivity index (χ2n) is 25.0. The lowest BCUT2D eigenvalue weighted by molar-refractivity contribution is -0.167. The molecular weight excluding hydrogens is 925 g/mol. The minimum Gasteiger partial charge on any atom is -0.462 e. The van der Waals surface area contributed by atoms with Gasteiger partial charge in [-0.15, -0.1) is 0 Å². The van der Waals surface area contributed by atoms with Crippen LogP contribution in [0.15, 0.2) is 0 Å². The third-order valence-corrected chi connectivity index (χ3v) is 16.3. The van der Waals surface area contributed by atoms with Crippen molar-refractivity contribution in [1.29, 1.82) is 0 Å². The Hall–Kier alpha value is -1.59. The van der Waals surface area contributed by atoms with Gasteiger partial charge in [0.15, 0.2) is 6.10 Å². The molecule has 0 aliphatic carbocycles. The van der Waals surface area contributed by atoms with Crippen molar-refractivity contribution in [2.24, 2.45) is 17.8 Å². The quantitative estimate of drug-likeness (QED) is 0.0343. The SMILES string of the molecule is CCC(C)CCCCCCCCCCCCCCCCC(=O)OC[C@H](COC(=O)CCCCCCCCCCCCCCCCCC(C)C)OC(=O)CCCCCCCCCCCCCCCCCCCCC(C)C. The average Bonchev–Trinajstić information content (AvgIpc) is 3.39. The van der Waals surface area contributed by atoms with Gasteiger partial charge in [-0.3, -0.25) is 14.4 Å². The lowest BCUT2D eigenvalue weighted by Crippen LogP contribution is -2.30. The van der Waals surface area contributed by atoms with Crippen molar-refractivity contribution in [1.82, 2.24) is 0 Å². The number of hydrogen-bond donors (Lipinski definition) is 0. The Labute approximate surface area is 469 Å². The number of carbonyl (C=O) groups is 3. The molecule has 75 heavy (non-hydrogen) atoms. The van der Waals surface area contributed by atoms with Crippen LogP contribution in [0.2, 0.25) is 0 Å². The predicted molar refractivity (Wildman–Crippen MR) is 326 cm³/mol. The maximum absolute atomic E-state index is 12.9. The van der Waals surface area contributed by atoms with Gasteiger partial charge in [-0.25, -0.2) is 0 Å². The van der Waals surface area contributed by atoms with Crippen molar-refractivity contribution in [2.75, 3.05) is 13.2 Å². The van der Waals surface area contributed by atoms with Crippen LogP contribution in [0.5, 0.6) is 0 Å². The molecule has 0 bridgehead atoms. The van der Waals surface area contributed by atoms with Crippen LogP contribution in [0.4, 0.5) is 0 Å². The van der Waals surface area contributed by atoms with Crippen molar-refractivity contribution in [3.63, 3.8) is 0 Å². The van der Waals surface area contributed by atoms with E-state index < -0.39 is 6.10 Å². The maximum atomic E-state index is 12.9. The summed E-state index contributed by atoms with van der Waals surface area (Å²) in [6.07, 6.45) is 66.8. The molecule has 0 aliphatic heterocycles. The van der Waals surface area contributed by atoms with Crippen LogP contribution in [-0.4, -0.2) is 37.2 Å². The van der Waals surface area contributed by atoms with Gasteiger partial charge in [-0.05, 0) is 37.0 Å². The van der Waals surface area contributed by atoms with E-state index in [0.717, 1.165) is 75.5 Å². The first-order valence-corrected chi connectivity index (χ1v) is 34.1.